The summed E-state index contributed by atoms with van der Waals surface area (Å²) >= 11 is 7.03. The van der Waals surface area contributed by atoms with Crippen LogP contribution in [0.4, 0.5) is 0 Å². The molecule has 4 nitrogen and oxygen atoms in total. The van der Waals surface area contributed by atoms with Gasteiger partial charge in [-0.15, -0.1) is 0 Å². The van der Waals surface area contributed by atoms with E-state index in [9.17, 15) is 4.79 Å². The van der Waals surface area contributed by atoms with Crippen LogP contribution in [0.5, 0.6) is 5.75 Å². The van der Waals surface area contributed by atoms with Gasteiger partial charge in [0.2, 0.25) is 0 Å². The molecule has 1 amide bonds. The van der Waals surface area contributed by atoms with Gasteiger partial charge in [-0.25, -0.2) is 5.43 Å². The van der Waals surface area contributed by atoms with E-state index in [4.69, 9.17) is 4.74 Å². The maximum atomic E-state index is 12.5. The quantitative estimate of drug-likeness (QED) is 0.358. The second-order valence-electron chi connectivity index (χ2n) is 5.87. The Balaban J connectivity index is 1.71. The number of ether oxygens (including phenoxy) is 1. The van der Waals surface area contributed by atoms with Crippen LogP contribution in [0, 0.1) is 0 Å². The Morgan fingerprint density at radius 2 is 1.85 bits per heavy atom. The van der Waals surface area contributed by atoms with E-state index in [2.05, 4.69) is 42.4 Å². The van der Waals surface area contributed by atoms with Crippen LogP contribution < -0.4 is 10.2 Å². The lowest BCUT2D eigenvalue weighted by Gasteiger charge is -2.17. The van der Waals surface area contributed by atoms with Gasteiger partial charge in [-0.05, 0) is 45.3 Å². The van der Waals surface area contributed by atoms with Crippen molar-refractivity contribution in [3.05, 3.63) is 75.2 Å². The van der Waals surface area contributed by atoms with E-state index in [1.165, 1.54) is 0 Å². The molecule has 6 heteroatoms. The molecule has 0 heterocycles. The molecule has 0 bridgehead atoms. The molecule has 1 atom stereocenters. The summed E-state index contributed by atoms with van der Waals surface area (Å²) in [5.41, 5.74) is 3.43. The first-order valence-electron chi connectivity index (χ1n) is 8.51. The Bertz CT molecular complexity index is 989. The predicted octanol–water partition coefficient (Wildman–Crippen LogP) is 5.67. The molecular weight excluding hydrogens is 472 g/mol. The molecule has 3 aromatic rings. The molecule has 3 aromatic carbocycles. The van der Waals surface area contributed by atoms with Crippen molar-refractivity contribution in [2.45, 2.75) is 19.4 Å². The highest BCUT2D eigenvalue weighted by Crippen LogP contribution is 2.33. The summed E-state index contributed by atoms with van der Waals surface area (Å²) in [6.45, 7) is 1.90. The van der Waals surface area contributed by atoms with Crippen LogP contribution in [0.1, 0.15) is 18.9 Å². The normalized spacial score (nSPS) is 12.3. The summed E-state index contributed by atoms with van der Waals surface area (Å²) in [5.74, 6) is 0.339. The minimum atomic E-state index is -0.640. The van der Waals surface area contributed by atoms with Gasteiger partial charge < -0.3 is 4.74 Å². The van der Waals surface area contributed by atoms with Gasteiger partial charge in [-0.2, -0.15) is 5.10 Å². The van der Waals surface area contributed by atoms with E-state index < -0.39 is 6.10 Å². The van der Waals surface area contributed by atoms with Crippen molar-refractivity contribution in [1.82, 2.24) is 5.43 Å². The number of carbonyl (C=O) groups is 1. The Kier molecular flexibility index (Phi) is 6.63. The minimum absolute atomic E-state index is 0.291. The highest BCUT2D eigenvalue weighted by atomic mass is 79.9. The molecule has 0 aliphatic heterocycles. The fraction of sp³-hybridized carbons (Fsp3) is 0.143. The summed E-state index contributed by atoms with van der Waals surface area (Å²) in [5, 5.41) is 6.18. The second-order valence-corrected chi connectivity index (χ2v) is 7.52. The Morgan fingerprint density at radius 1 is 1.11 bits per heavy atom. The average molecular weight is 490 g/mol. The number of hydrogen-bond donors (Lipinski definition) is 1. The number of nitrogens with zero attached hydrogens (tertiary/aromatic N) is 1. The first-order chi connectivity index (χ1) is 13.1. The number of hydrazone groups is 1. The molecular formula is C21H18Br2N2O2. The lowest BCUT2D eigenvalue weighted by Crippen LogP contribution is -2.35. The Hall–Kier alpha value is -2.18. The fourth-order valence-corrected chi connectivity index (χ4v) is 3.57. The van der Waals surface area contributed by atoms with Crippen LogP contribution in [0.2, 0.25) is 0 Å². The van der Waals surface area contributed by atoms with Crippen molar-refractivity contribution in [1.29, 1.82) is 0 Å². The van der Waals surface area contributed by atoms with E-state index in [0.717, 1.165) is 25.3 Å². The number of carbonyl (C=O) groups excluding carboxylic acids is 1. The van der Waals surface area contributed by atoms with Crippen LogP contribution in [0.3, 0.4) is 0 Å². The maximum absolute atomic E-state index is 12.5. The molecule has 0 spiro atoms. The Labute approximate surface area is 174 Å². The number of benzene rings is 3. The van der Waals surface area contributed by atoms with Gasteiger partial charge in [-0.1, -0.05) is 71.4 Å². The molecule has 0 fully saturated rings. The monoisotopic (exact) mass is 488 g/mol. The number of rotatable bonds is 6. The van der Waals surface area contributed by atoms with Crippen molar-refractivity contribution in [3.63, 3.8) is 0 Å². The third-order valence-electron chi connectivity index (χ3n) is 4.04. The largest absolute Gasteiger partial charge is 0.479 e. The minimum Gasteiger partial charge on any atom is -0.479 e. The van der Waals surface area contributed by atoms with Crippen molar-refractivity contribution < 1.29 is 9.53 Å². The SMILES string of the molecule is CC[C@H](Oc1ccc2ccccc2c1Br)C(=O)NN=Cc1ccccc1Br. The van der Waals surface area contributed by atoms with E-state index in [0.29, 0.717) is 12.2 Å². The topological polar surface area (TPSA) is 50.7 Å². The predicted molar refractivity (Wildman–Crippen MR) is 116 cm³/mol. The summed E-state index contributed by atoms with van der Waals surface area (Å²) in [7, 11) is 0. The van der Waals surface area contributed by atoms with Crippen LogP contribution in [0.15, 0.2) is 74.7 Å². The van der Waals surface area contributed by atoms with Gasteiger partial charge in [0.05, 0.1) is 10.7 Å². The summed E-state index contributed by atoms with van der Waals surface area (Å²) in [6, 6.07) is 19.5. The molecule has 0 aromatic heterocycles. The van der Waals surface area contributed by atoms with Crippen molar-refractivity contribution in [2.75, 3.05) is 0 Å². The van der Waals surface area contributed by atoms with Gasteiger partial charge in [0, 0.05) is 10.0 Å². The summed E-state index contributed by atoms with van der Waals surface area (Å²) < 4.78 is 7.69. The highest BCUT2D eigenvalue weighted by Gasteiger charge is 2.19. The third-order valence-corrected chi connectivity index (χ3v) is 5.58. The van der Waals surface area contributed by atoms with E-state index in [-0.39, 0.29) is 5.91 Å². The smallest absolute Gasteiger partial charge is 0.281 e. The van der Waals surface area contributed by atoms with Gasteiger partial charge in [-0.3, -0.25) is 4.79 Å². The number of halogens is 2. The number of hydrogen-bond acceptors (Lipinski definition) is 3. The molecule has 0 aliphatic rings. The van der Waals surface area contributed by atoms with Crippen LogP contribution in [-0.2, 0) is 4.79 Å². The number of amides is 1. The fourth-order valence-electron chi connectivity index (χ4n) is 2.60. The molecule has 1 N–H and O–H groups in total. The Morgan fingerprint density at radius 3 is 2.63 bits per heavy atom. The van der Waals surface area contributed by atoms with Crippen LogP contribution >= 0.6 is 31.9 Å². The molecule has 0 aliphatic carbocycles. The summed E-state index contributed by atoms with van der Waals surface area (Å²) in [4.78, 5) is 12.5. The first kappa shape index (κ1) is 19.6. The maximum Gasteiger partial charge on any atom is 0.281 e. The zero-order valence-corrected chi connectivity index (χ0v) is 17.8. The first-order valence-corrected chi connectivity index (χ1v) is 10.1. The van der Waals surface area contributed by atoms with Crippen molar-refractivity contribution in [2.24, 2.45) is 5.10 Å². The number of fused-ring (bicyclic) bond motifs is 1. The number of nitrogens with one attached hydrogen (secondary N) is 1. The summed E-state index contributed by atoms with van der Waals surface area (Å²) in [6.07, 6.45) is 1.48. The average Bonchev–Trinajstić information content (AvgIpc) is 2.69. The molecule has 27 heavy (non-hydrogen) atoms. The third kappa shape index (κ3) is 4.76. The molecule has 0 radical (unpaired) electrons. The van der Waals surface area contributed by atoms with Crippen LogP contribution in [0.25, 0.3) is 10.8 Å². The zero-order chi connectivity index (χ0) is 19.2. The molecule has 3 rings (SSSR count). The lowest BCUT2D eigenvalue weighted by molar-refractivity contribution is -0.128. The van der Waals surface area contributed by atoms with Gasteiger partial charge in [0.1, 0.15) is 5.75 Å². The van der Waals surface area contributed by atoms with E-state index >= 15 is 0 Å². The standard InChI is InChI=1S/C21H18Br2N2O2/c1-2-18(21(26)25-24-13-15-8-4-6-10-17(15)22)27-19-12-11-14-7-3-5-9-16(14)20(19)23/h3-13,18H,2H2,1H3,(H,25,26)/t18-/m0/s1. The van der Waals surface area contributed by atoms with E-state index in [1.807, 2.05) is 67.6 Å². The highest BCUT2D eigenvalue weighted by molar-refractivity contribution is 9.11. The molecule has 0 saturated carbocycles. The lowest BCUT2D eigenvalue weighted by atomic mass is 10.1. The van der Waals surface area contributed by atoms with Gasteiger partial charge in [0.25, 0.3) is 5.91 Å². The van der Waals surface area contributed by atoms with Gasteiger partial charge >= 0.3 is 0 Å². The van der Waals surface area contributed by atoms with Crippen molar-refractivity contribution >= 4 is 54.8 Å². The molecule has 0 unspecified atom stereocenters. The van der Waals surface area contributed by atoms with Crippen LogP contribution in [-0.4, -0.2) is 18.2 Å². The van der Waals surface area contributed by atoms with E-state index in [1.54, 1.807) is 6.21 Å². The second kappa shape index (κ2) is 9.15. The molecule has 0 saturated heterocycles. The molecule has 138 valence electrons. The van der Waals surface area contributed by atoms with Crippen molar-refractivity contribution in [3.8, 4) is 5.75 Å². The van der Waals surface area contributed by atoms with Gasteiger partial charge in [0.15, 0.2) is 6.10 Å². The zero-order valence-electron chi connectivity index (χ0n) is 14.7.